The average molecular weight is 411 g/mol. The van der Waals surface area contributed by atoms with E-state index < -0.39 is 15.4 Å². The first-order valence-corrected chi connectivity index (χ1v) is 11.2. The van der Waals surface area contributed by atoms with Crippen molar-refractivity contribution in [3.05, 3.63) is 24.3 Å². The molecule has 1 N–H and O–H groups in total. The number of hydrogen-bond donors (Lipinski definition) is 1. The first-order chi connectivity index (χ1) is 12.7. The van der Waals surface area contributed by atoms with E-state index in [4.69, 9.17) is 4.74 Å². The third kappa shape index (κ3) is 4.62. The second-order valence-corrected chi connectivity index (χ2v) is 9.96. The molecule has 1 aromatic heterocycles. The van der Waals surface area contributed by atoms with Crippen LogP contribution in [-0.2, 0) is 21.7 Å². The fourth-order valence-electron chi connectivity index (χ4n) is 3.04. The molecule has 1 aliphatic rings. The number of carbonyl (C=O) groups is 1. The Bertz CT molecular complexity index is 940. The molecule has 1 aliphatic heterocycles. The summed E-state index contributed by atoms with van der Waals surface area (Å²) in [5.74, 6) is 1.48. The van der Waals surface area contributed by atoms with Gasteiger partial charge in [-0.25, -0.2) is 8.42 Å². The number of rotatable bonds is 6. The number of benzene rings is 1. The van der Waals surface area contributed by atoms with Crippen molar-refractivity contribution in [2.45, 2.75) is 24.0 Å². The van der Waals surface area contributed by atoms with Crippen LogP contribution in [0.3, 0.4) is 0 Å². The zero-order chi connectivity index (χ0) is 19.7. The van der Waals surface area contributed by atoms with E-state index in [1.165, 1.54) is 11.8 Å². The molecule has 0 aliphatic carbocycles. The Labute approximate surface area is 162 Å². The molecule has 1 atom stereocenters. The second-order valence-electron chi connectivity index (χ2n) is 6.83. The summed E-state index contributed by atoms with van der Waals surface area (Å²) in [6.45, 7) is 1.77. The highest BCUT2D eigenvalue weighted by molar-refractivity contribution is 7.99. The summed E-state index contributed by atoms with van der Waals surface area (Å²) in [6, 6.07) is 7.48. The van der Waals surface area contributed by atoms with Gasteiger partial charge in [0.05, 0.1) is 29.9 Å². The van der Waals surface area contributed by atoms with Crippen LogP contribution >= 0.6 is 11.8 Å². The third-order valence-corrected chi connectivity index (χ3v) is 7.38. The monoisotopic (exact) mass is 410 g/mol. The molecule has 8 nitrogen and oxygen atoms in total. The standard InChI is InChI=1S/C17H22N4O4S2/c1-17(8-9-27(23,24)11-17)18-14(22)10-26-16-20-19-15(21(16)2)12-4-6-13(25-3)7-5-12/h4-7H,8-11H2,1-3H3,(H,18,22)/t17-/m1/s1. The van der Waals surface area contributed by atoms with Crippen molar-refractivity contribution < 1.29 is 17.9 Å². The van der Waals surface area contributed by atoms with E-state index in [-0.39, 0.29) is 23.2 Å². The minimum absolute atomic E-state index is 0.0119. The fourth-order valence-corrected chi connectivity index (χ4v) is 5.85. The molecule has 2 aromatic rings. The SMILES string of the molecule is COc1ccc(-c2nnc(SCC(=O)N[C@]3(C)CCS(=O)(=O)C3)n2C)cc1. The Hall–Kier alpha value is -2.07. The van der Waals surface area contributed by atoms with Crippen molar-refractivity contribution in [2.75, 3.05) is 24.4 Å². The molecule has 146 valence electrons. The summed E-state index contributed by atoms with van der Waals surface area (Å²) in [5.41, 5.74) is 0.204. The number of thioether (sulfide) groups is 1. The average Bonchev–Trinajstić information content (AvgIpc) is 3.12. The van der Waals surface area contributed by atoms with Crippen molar-refractivity contribution in [3.8, 4) is 17.1 Å². The summed E-state index contributed by atoms with van der Waals surface area (Å²) >= 11 is 1.26. The molecule has 10 heteroatoms. The Kier molecular flexibility index (Phi) is 5.48. The third-order valence-electron chi connectivity index (χ3n) is 4.46. The van der Waals surface area contributed by atoms with Crippen LogP contribution in [0.15, 0.2) is 29.4 Å². The van der Waals surface area contributed by atoms with Gasteiger partial charge in [-0.15, -0.1) is 10.2 Å². The topological polar surface area (TPSA) is 103 Å². The molecule has 3 rings (SSSR count). The van der Waals surface area contributed by atoms with E-state index in [9.17, 15) is 13.2 Å². The van der Waals surface area contributed by atoms with Gasteiger partial charge in [0.1, 0.15) is 5.75 Å². The number of nitrogens with one attached hydrogen (secondary N) is 1. The molecular formula is C17H22N4O4S2. The van der Waals surface area contributed by atoms with Gasteiger partial charge in [0.25, 0.3) is 0 Å². The maximum atomic E-state index is 12.2. The van der Waals surface area contributed by atoms with Crippen molar-refractivity contribution in [1.82, 2.24) is 20.1 Å². The zero-order valence-corrected chi connectivity index (χ0v) is 17.1. The normalized spacial score (nSPS) is 21.1. The molecule has 0 radical (unpaired) electrons. The zero-order valence-electron chi connectivity index (χ0n) is 15.4. The predicted octanol–water partition coefficient (Wildman–Crippen LogP) is 1.28. The van der Waals surface area contributed by atoms with Crippen molar-refractivity contribution in [3.63, 3.8) is 0 Å². The van der Waals surface area contributed by atoms with E-state index >= 15 is 0 Å². The van der Waals surface area contributed by atoms with Gasteiger partial charge < -0.3 is 14.6 Å². The number of methoxy groups -OCH3 is 1. The second kappa shape index (κ2) is 7.51. The Morgan fingerprint density at radius 1 is 1.33 bits per heavy atom. The summed E-state index contributed by atoms with van der Waals surface area (Å²) in [7, 11) is 0.385. The van der Waals surface area contributed by atoms with Crippen LogP contribution in [0.4, 0.5) is 0 Å². The van der Waals surface area contributed by atoms with Gasteiger partial charge in [0.15, 0.2) is 20.8 Å². The van der Waals surface area contributed by atoms with Crippen molar-refractivity contribution >= 4 is 27.5 Å². The van der Waals surface area contributed by atoms with Gasteiger partial charge in [-0.1, -0.05) is 11.8 Å². The molecule has 1 fully saturated rings. The van der Waals surface area contributed by atoms with Crippen LogP contribution in [-0.4, -0.2) is 59.0 Å². The lowest BCUT2D eigenvalue weighted by molar-refractivity contribution is -0.120. The van der Waals surface area contributed by atoms with Crippen LogP contribution in [0.1, 0.15) is 13.3 Å². The van der Waals surface area contributed by atoms with Gasteiger partial charge in [-0.2, -0.15) is 0 Å². The minimum atomic E-state index is -3.06. The Balaban J connectivity index is 1.61. The lowest BCUT2D eigenvalue weighted by Gasteiger charge is -2.23. The summed E-state index contributed by atoms with van der Waals surface area (Å²) in [5, 5.41) is 11.8. The number of nitrogens with zero attached hydrogens (tertiary/aromatic N) is 3. The van der Waals surface area contributed by atoms with Gasteiger partial charge in [-0.05, 0) is 37.6 Å². The van der Waals surface area contributed by atoms with E-state index in [1.807, 2.05) is 35.9 Å². The maximum Gasteiger partial charge on any atom is 0.230 e. The first kappa shape index (κ1) is 19.7. The number of amides is 1. The highest BCUT2D eigenvalue weighted by Crippen LogP contribution is 2.26. The van der Waals surface area contributed by atoms with Crippen LogP contribution < -0.4 is 10.1 Å². The minimum Gasteiger partial charge on any atom is -0.497 e. The van der Waals surface area contributed by atoms with Crippen LogP contribution in [0.5, 0.6) is 5.75 Å². The van der Waals surface area contributed by atoms with Gasteiger partial charge in [0.2, 0.25) is 5.91 Å². The van der Waals surface area contributed by atoms with E-state index in [0.29, 0.717) is 17.4 Å². The highest BCUT2D eigenvalue weighted by atomic mass is 32.2. The Morgan fingerprint density at radius 2 is 2.04 bits per heavy atom. The molecule has 0 saturated carbocycles. The van der Waals surface area contributed by atoms with Crippen LogP contribution in [0.25, 0.3) is 11.4 Å². The molecule has 1 amide bonds. The number of aromatic nitrogens is 3. The lowest BCUT2D eigenvalue weighted by Crippen LogP contribution is -2.47. The molecule has 1 saturated heterocycles. The highest BCUT2D eigenvalue weighted by Gasteiger charge is 2.39. The maximum absolute atomic E-state index is 12.2. The molecule has 0 unspecified atom stereocenters. The summed E-state index contributed by atoms with van der Waals surface area (Å²) in [6.07, 6.45) is 0.442. The van der Waals surface area contributed by atoms with Gasteiger partial charge in [-0.3, -0.25) is 4.79 Å². The molecule has 2 heterocycles. The van der Waals surface area contributed by atoms with Gasteiger partial charge in [0, 0.05) is 12.6 Å². The molecule has 0 bridgehead atoms. The fraction of sp³-hybridized carbons (Fsp3) is 0.471. The van der Waals surface area contributed by atoms with E-state index in [2.05, 4.69) is 15.5 Å². The molecule has 0 spiro atoms. The van der Waals surface area contributed by atoms with Gasteiger partial charge >= 0.3 is 0 Å². The lowest BCUT2D eigenvalue weighted by atomic mass is 10.0. The summed E-state index contributed by atoms with van der Waals surface area (Å²) < 4.78 is 30.3. The largest absolute Gasteiger partial charge is 0.497 e. The molecular weight excluding hydrogens is 388 g/mol. The van der Waals surface area contributed by atoms with Crippen LogP contribution in [0, 0.1) is 0 Å². The quantitative estimate of drug-likeness (QED) is 0.716. The Morgan fingerprint density at radius 3 is 2.63 bits per heavy atom. The summed E-state index contributed by atoms with van der Waals surface area (Å²) in [4.78, 5) is 12.2. The van der Waals surface area contributed by atoms with E-state index in [0.717, 1.165) is 11.3 Å². The molecule has 27 heavy (non-hydrogen) atoms. The number of sulfone groups is 1. The van der Waals surface area contributed by atoms with Crippen molar-refractivity contribution in [1.29, 1.82) is 0 Å². The smallest absolute Gasteiger partial charge is 0.230 e. The van der Waals surface area contributed by atoms with Crippen LogP contribution in [0.2, 0.25) is 0 Å². The van der Waals surface area contributed by atoms with E-state index in [1.54, 1.807) is 14.0 Å². The van der Waals surface area contributed by atoms with Crippen molar-refractivity contribution in [2.24, 2.45) is 7.05 Å². The number of carbonyl (C=O) groups excluding carboxylic acids is 1. The number of hydrogen-bond acceptors (Lipinski definition) is 7. The first-order valence-electron chi connectivity index (χ1n) is 8.39. The predicted molar refractivity (Wildman–Crippen MR) is 104 cm³/mol. The molecule has 1 aromatic carbocycles. The number of ether oxygens (including phenoxy) is 1.